The molecule has 2 amide bonds. The van der Waals surface area contributed by atoms with Crippen LogP contribution in [0.3, 0.4) is 0 Å². The number of anilines is 1. The number of rotatable bonds is 6. The maximum absolute atomic E-state index is 12.5. The molecular formula is C23H31N5O2. The Labute approximate surface area is 178 Å². The normalized spacial score (nSPS) is 18.2. The molecule has 0 radical (unpaired) electrons. The zero-order valence-corrected chi connectivity index (χ0v) is 17.4. The number of hydrogen-bond donors (Lipinski definition) is 2. The van der Waals surface area contributed by atoms with Crippen LogP contribution in [0.15, 0.2) is 48.7 Å². The third-order valence-corrected chi connectivity index (χ3v) is 5.79. The first-order valence-corrected chi connectivity index (χ1v) is 10.8. The standard InChI is InChI=1S/C23H31N5O2/c29-23(25-17-20-7-4-10-24-22(20)28-13-15-30-16-14-28)26-21-8-11-27(12-9-21)18-19-5-2-1-3-6-19/h1-7,10,21H,8-9,11-18H2,(H2,25,26,29). The highest BCUT2D eigenvalue weighted by atomic mass is 16.5. The maximum Gasteiger partial charge on any atom is 0.315 e. The molecule has 3 heterocycles. The molecule has 2 aliphatic rings. The van der Waals surface area contributed by atoms with Crippen molar-refractivity contribution in [3.8, 4) is 0 Å². The summed E-state index contributed by atoms with van der Waals surface area (Å²) in [7, 11) is 0. The number of amides is 2. The van der Waals surface area contributed by atoms with E-state index in [9.17, 15) is 4.79 Å². The van der Waals surface area contributed by atoms with E-state index in [0.29, 0.717) is 19.8 Å². The summed E-state index contributed by atoms with van der Waals surface area (Å²) in [5.41, 5.74) is 2.38. The summed E-state index contributed by atoms with van der Waals surface area (Å²) < 4.78 is 5.43. The summed E-state index contributed by atoms with van der Waals surface area (Å²) in [4.78, 5) is 21.7. The van der Waals surface area contributed by atoms with Gasteiger partial charge in [-0.2, -0.15) is 0 Å². The molecule has 1 aromatic carbocycles. The predicted octanol–water partition coefficient (Wildman–Crippen LogP) is 2.38. The average Bonchev–Trinajstić information content (AvgIpc) is 2.80. The molecule has 0 atom stereocenters. The molecule has 2 saturated heterocycles. The Kier molecular flexibility index (Phi) is 7.16. The van der Waals surface area contributed by atoms with Crippen LogP contribution in [0.25, 0.3) is 0 Å². The van der Waals surface area contributed by atoms with Gasteiger partial charge in [0.15, 0.2) is 0 Å². The van der Waals surface area contributed by atoms with Gasteiger partial charge in [-0.05, 0) is 24.5 Å². The molecule has 0 bridgehead atoms. The summed E-state index contributed by atoms with van der Waals surface area (Å²) in [6, 6.07) is 14.6. The molecule has 30 heavy (non-hydrogen) atoms. The number of likely N-dealkylation sites (tertiary alicyclic amines) is 1. The van der Waals surface area contributed by atoms with Gasteiger partial charge in [-0.25, -0.2) is 9.78 Å². The van der Waals surface area contributed by atoms with Gasteiger partial charge in [0.2, 0.25) is 0 Å². The van der Waals surface area contributed by atoms with Gasteiger partial charge >= 0.3 is 6.03 Å². The Bertz CT molecular complexity index is 802. The van der Waals surface area contributed by atoms with Gasteiger partial charge in [0.05, 0.1) is 13.2 Å². The molecule has 0 unspecified atom stereocenters. The molecule has 0 spiro atoms. The van der Waals surface area contributed by atoms with Gasteiger partial charge < -0.3 is 20.3 Å². The van der Waals surface area contributed by atoms with E-state index < -0.39 is 0 Å². The van der Waals surface area contributed by atoms with Crippen molar-refractivity contribution in [2.75, 3.05) is 44.3 Å². The van der Waals surface area contributed by atoms with E-state index in [4.69, 9.17) is 4.74 Å². The minimum atomic E-state index is -0.103. The van der Waals surface area contributed by atoms with Gasteiger partial charge in [0.25, 0.3) is 0 Å². The molecule has 1 aromatic heterocycles. The van der Waals surface area contributed by atoms with E-state index in [1.807, 2.05) is 18.2 Å². The fourth-order valence-electron chi connectivity index (χ4n) is 4.12. The van der Waals surface area contributed by atoms with Crippen molar-refractivity contribution < 1.29 is 9.53 Å². The van der Waals surface area contributed by atoms with E-state index in [-0.39, 0.29) is 12.1 Å². The number of aromatic nitrogens is 1. The monoisotopic (exact) mass is 409 g/mol. The van der Waals surface area contributed by atoms with Crippen molar-refractivity contribution in [1.29, 1.82) is 0 Å². The number of nitrogens with zero attached hydrogens (tertiary/aromatic N) is 3. The molecule has 2 aliphatic heterocycles. The summed E-state index contributed by atoms with van der Waals surface area (Å²) in [5.74, 6) is 0.940. The van der Waals surface area contributed by atoms with E-state index in [2.05, 4.69) is 49.7 Å². The zero-order valence-electron chi connectivity index (χ0n) is 17.4. The number of pyridine rings is 1. The van der Waals surface area contributed by atoms with Gasteiger partial charge in [-0.1, -0.05) is 36.4 Å². The van der Waals surface area contributed by atoms with Crippen molar-refractivity contribution in [3.05, 3.63) is 59.8 Å². The molecule has 2 N–H and O–H groups in total. The summed E-state index contributed by atoms with van der Waals surface area (Å²) in [6.07, 6.45) is 3.76. The highest BCUT2D eigenvalue weighted by molar-refractivity contribution is 5.74. The van der Waals surface area contributed by atoms with Crippen LogP contribution in [0.2, 0.25) is 0 Å². The lowest BCUT2D eigenvalue weighted by Crippen LogP contribution is -2.47. The fourth-order valence-corrected chi connectivity index (χ4v) is 4.12. The van der Waals surface area contributed by atoms with Crippen LogP contribution in [0.5, 0.6) is 0 Å². The van der Waals surface area contributed by atoms with Crippen LogP contribution < -0.4 is 15.5 Å². The van der Waals surface area contributed by atoms with Crippen LogP contribution in [0.4, 0.5) is 10.6 Å². The second-order valence-corrected chi connectivity index (χ2v) is 7.95. The van der Waals surface area contributed by atoms with Crippen LogP contribution in [-0.4, -0.2) is 61.3 Å². The number of piperidine rings is 1. The Morgan fingerprint density at radius 3 is 2.57 bits per heavy atom. The number of morpholine rings is 1. The number of carbonyl (C=O) groups excluding carboxylic acids is 1. The number of carbonyl (C=O) groups is 1. The third kappa shape index (κ3) is 5.70. The SMILES string of the molecule is O=C(NCc1cccnc1N1CCOCC1)NC1CCN(Cc2ccccc2)CC1. The lowest BCUT2D eigenvalue weighted by atomic mass is 10.0. The van der Waals surface area contributed by atoms with Crippen molar-refractivity contribution >= 4 is 11.8 Å². The Hall–Kier alpha value is -2.64. The van der Waals surface area contributed by atoms with Crippen LogP contribution in [-0.2, 0) is 17.8 Å². The first kappa shape index (κ1) is 20.6. The highest BCUT2D eigenvalue weighted by Crippen LogP contribution is 2.18. The largest absolute Gasteiger partial charge is 0.378 e. The van der Waals surface area contributed by atoms with Crippen molar-refractivity contribution in [2.45, 2.75) is 32.0 Å². The molecule has 2 aromatic rings. The summed E-state index contributed by atoms with van der Waals surface area (Å²) in [5, 5.41) is 6.16. The number of nitrogens with one attached hydrogen (secondary N) is 2. The fraction of sp³-hybridized carbons (Fsp3) is 0.478. The number of benzene rings is 1. The minimum Gasteiger partial charge on any atom is -0.378 e. The summed E-state index contributed by atoms with van der Waals surface area (Å²) in [6.45, 7) is 6.55. The second kappa shape index (κ2) is 10.4. The molecule has 2 fully saturated rings. The second-order valence-electron chi connectivity index (χ2n) is 7.95. The highest BCUT2D eigenvalue weighted by Gasteiger charge is 2.21. The van der Waals surface area contributed by atoms with E-state index in [1.165, 1.54) is 5.56 Å². The van der Waals surface area contributed by atoms with E-state index in [1.54, 1.807) is 6.20 Å². The quantitative estimate of drug-likeness (QED) is 0.767. The van der Waals surface area contributed by atoms with Gasteiger partial charge in [0, 0.05) is 57.1 Å². The smallest absolute Gasteiger partial charge is 0.315 e. The number of urea groups is 1. The van der Waals surface area contributed by atoms with Gasteiger partial charge in [-0.3, -0.25) is 4.90 Å². The first-order chi connectivity index (χ1) is 14.8. The molecule has 7 nitrogen and oxygen atoms in total. The lowest BCUT2D eigenvalue weighted by molar-refractivity contribution is 0.122. The number of hydrogen-bond acceptors (Lipinski definition) is 5. The Morgan fingerprint density at radius 2 is 1.80 bits per heavy atom. The number of ether oxygens (including phenoxy) is 1. The van der Waals surface area contributed by atoms with E-state index >= 15 is 0 Å². The van der Waals surface area contributed by atoms with Crippen LogP contribution in [0, 0.1) is 0 Å². The van der Waals surface area contributed by atoms with Crippen molar-refractivity contribution in [1.82, 2.24) is 20.5 Å². The molecule has 4 rings (SSSR count). The van der Waals surface area contributed by atoms with Crippen molar-refractivity contribution in [2.24, 2.45) is 0 Å². The predicted molar refractivity (Wildman–Crippen MR) is 117 cm³/mol. The topological polar surface area (TPSA) is 69.7 Å². The lowest BCUT2D eigenvalue weighted by Gasteiger charge is -2.32. The van der Waals surface area contributed by atoms with Crippen LogP contribution in [0.1, 0.15) is 24.0 Å². The molecule has 160 valence electrons. The molecule has 0 aliphatic carbocycles. The Balaban J connectivity index is 1.21. The van der Waals surface area contributed by atoms with Gasteiger partial charge in [0.1, 0.15) is 5.82 Å². The molecule has 0 saturated carbocycles. The average molecular weight is 410 g/mol. The van der Waals surface area contributed by atoms with Crippen LogP contribution >= 0.6 is 0 Å². The van der Waals surface area contributed by atoms with Crippen molar-refractivity contribution in [3.63, 3.8) is 0 Å². The third-order valence-electron chi connectivity index (χ3n) is 5.79. The first-order valence-electron chi connectivity index (χ1n) is 10.8. The molecular weight excluding hydrogens is 378 g/mol. The zero-order chi connectivity index (χ0) is 20.6. The molecule has 7 heteroatoms. The van der Waals surface area contributed by atoms with E-state index in [0.717, 1.165) is 56.9 Å². The maximum atomic E-state index is 12.5. The van der Waals surface area contributed by atoms with Gasteiger partial charge in [-0.15, -0.1) is 0 Å². The Morgan fingerprint density at radius 1 is 1.03 bits per heavy atom. The minimum absolute atomic E-state index is 0.103. The summed E-state index contributed by atoms with van der Waals surface area (Å²) >= 11 is 0.